The zero-order valence-corrected chi connectivity index (χ0v) is 18.8. The molecule has 1 fully saturated rings. The van der Waals surface area contributed by atoms with E-state index in [-0.39, 0.29) is 24.2 Å². The lowest BCUT2D eigenvalue weighted by Crippen LogP contribution is -2.42. The maximum absolute atomic E-state index is 12.0. The van der Waals surface area contributed by atoms with Crippen LogP contribution < -0.4 is 9.64 Å². The summed E-state index contributed by atoms with van der Waals surface area (Å²) in [5.74, 6) is 1.08. The average molecular weight is 433 g/mol. The van der Waals surface area contributed by atoms with E-state index >= 15 is 0 Å². The lowest BCUT2D eigenvalue weighted by atomic mass is 10.1. The largest absolute Gasteiger partial charge is 0.491 e. The second kappa shape index (κ2) is 9.81. The molecule has 1 N–H and O–H groups in total. The van der Waals surface area contributed by atoms with Crippen LogP contribution >= 0.6 is 0 Å². The highest BCUT2D eigenvalue weighted by Crippen LogP contribution is 2.22. The minimum atomic E-state index is -3.01. The van der Waals surface area contributed by atoms with E-state index in [1.807, 2.05) is 50.2 Å². The van der Waals surface area contributed by atoms with Gasteiger partial charge in [-0.05, 0) is 48.7 Å². The third kappa shape index (κ3) is 6.45. The van der Waals surface area contributed by atoms with E-state index in [1.54, 1.807) is 0 Å². The Morgan fingerprint density at radius 2 is 1.90 bits per heavy atom. The van der Waals surface area contributed by atoms with E-state index in [0.29, 0.717) is 19.5 Å². The summed E-state index contributed by atoms with van der Waals surface area (Å²) in [6, 6.07) is 15.8. The highest BCUT2D eigenvalue weighted by Gasteiger charge is 2.33. The van der Waals surface area contributed by atoms with E-state index in [0.717, 1.165) is 22.6 Å². The van der Waals surface area contributed by atoms with E-state index in [4.69, 9.17) is 4.74 Å². The fourth-order valence-electron chi connectivity index (χ4n) is 3.76. The quantitative estimate of drug-likeness (QED) is 0.657. The topological polar surface area (TPSA) is 70.1 Å². The second-order valence-corrected chi connectivity index (χ2v) is 10.6. The van der Waals surface area contributed by atoms with Crippen molar-refractivity contribution < 1.29 is 18.3 Å². The summed E-state index contributed by atoms with van der Waals surface area (Å²) in [6.07, 6.45) is -0.112. The lowest BCUT2D eigenvalue weighted by Gasteiger charge is -2.30. The minimum absolute atomic E-state index is 0.0860. The van der Waals surface area contributed by atoms with Crippen LogP contribution in [0.25, 0.3) is 0 Å². The first-order chi connectivity index (χ1) is 14.2. The van der Waals surface area contributed by atoms with Gasteiger partial charge in [0.1, 0.15) is 18.5 Å². The van der Waals surface area contributed by atoms with Gasteiger partial charge in [0.25, 0.3) is 0 Å². The summed E-state index contributed by atoms with van der Waals surface area (Å²) in [6.45, 7) is 3.11. The molecule has 7 heteroatoms. The number of benzene rings is 2. The fourth-order valence-corrected chi connectivity index (χ4v) is 5.52. The maximum atomic E-state index is 12.0. The first kappa shape index (κ1) is 22.6. The third-order valence-electron chi connectivity index (χ3n) is 5.44. The number of ether oxygens (including phenoxy) is 1. The molecule has 3 rings (SSSR count). The van der Waals surface area contributed by atoms with Crippen LogP contribution in [-0.4, -0.2) is 69.3 Å². The monoisotopic (exact) mass is 432 g/mol. The molecule has 1 saturated heterocycles. The van der Waals surface area contributed by atoms with Crippen LogP contribution in [0.4, 0.5) is 5.69 Å². The first-order valence-corrected chi connectivity index (χ1v) is 12.1. The molecule has 0 bridgehead atoms. The van der Waals surface area contributed by atoms with Crippen molar-refractivity contribution in [2.24, 2.45) is 0 Å². The molecule has 0 aliphatic carbocycles. The standard InChI is InChI=1S/C23H32N2O4S/c1-18-5-4-6-23(13-18)29-16-22(26)15-25(21-11-12-30(27,28)17-21)14-19-7-9-20(10-8-19)24(2)3/h4-10,13,21-22,26H,11-12,14-17H2,1-3H3. The highest BCUT2D eigenvalue weighted by molar-refractivity contribution is 7.91. The predicted octanol–water partition coefficient (Wildman–Crippen LogP) is 2.49. The van der Waals surface area contributed by atoms with Crippen molar-refractivity contribution in [1.29, 1.82) is 0 Å². The molecule has 0 aromatic heterocycles. The number of sulfone groups is 1. The van der Waals surface area contributed by atoms with E-state index < -0.39 is 15.9 Å². The Labute approximate surface area is 180 Å². The van der Waals surface area contributed by atoms with Crippen molar-refractivity contribution in [1.82, 2.24) is 4.90 Å². The van der Waals surface area contributed by atoms with Crippen LogP contribution in [0.5, 0.6) is 5.75 Å². The molecule has 2 atom stereocenters. The molecule has 0 spiro atoms. The van der Waals surface area contributed by atoms with Gasteiger partial charge in [0.2, 0.25) is 0 Å². The van der Waals surface area contributed by atoms with Gasteiger partial charge in [0.05, 0.1) is 11.5 Å². The van der Waals surface area contributed by atoms with Crippen molar-refractivity contribution in [3.63, 3.8) is 0 Å². The average Bonchev–Trinajstić information content (AvgIpc) is 3.06. The molecule has 2 unspecified atom stereocenters. The Morgan fingerprint density at radius 1 is 1.17 bits per heavy atom. The van der Waals surface area contributed by atoms with Gasteiger partial charge in [-0.2, -0.15) is 0 Å². The van der Waals surface area contributed by atoms with Crippen LogP contribution in [0.15, 0.2) is 48.5 Å². The normalized spacial score (nSPS) is 19.0. The van der Waals surface area contributed by atoms with Crippen LogP contribution in [0.1, 0.15) is 17.5 Å². The molecule has 2 aromatic rings. The molecule has 2 aromatic carbocycles. The Morgan fingerprint density at radius 3 is 2.50 bits per heavy atom. The molecule has 30 heavy (non-hydrogen) atoms. The molecule has 1 aliphatic rings. The lowest BCUT2D eigenvalue weighted by molar-refractivity contribution is 0.0524. The van der Waals surface area contributed by atoms with Crippen LogP contribution in [0, 0.1) is 6.92 Å². The highest BCUT2D eigenvalue weighted by atomic mass is 32.2. The number of aliphatic hydroxyl groups excluding tert-OH is 1. The smallest absolute Gasteiger partial charge is 0.151 e. The van der Waals surface area contributed by atoms with Crippen molar-refractivity contribution in [3.05, 3.63) is 59.7 Å². The molecule has 1 heterocycles. The summed E-state index contributed by atoms with van der Waals surface area (Å²) in [5.41, 5.74) is 3.30. The zero-order chi connectivity index (χ0) is 21.7. The summed E-state index contributed by atoms with van der Waals surface area (Å²) in [4.78, 5) is 4.12. The van der Waals surface area contributed by atoms with Gasteiger partial charge >= 0.3 is 0 Å². The fraction of sp³-hybridized carbons (Fsp3) is 0.478. The molecule has 164 valence electrons. The summed E-state index contributed by atoms with van der Waals surface area (Å²) < 4.78 is 29.8. The second-order valence-electron chi connectivity index (χ2n) is 8.33. The van der Waals surface area contributed by atoms with Crippen LogP contribution in [-0.2, 0) is 16.4 Å². The van der Waals surface area contributed by atoms with E-state index in [9.17, 15) is 13.5 Å². The van der Waals surface area contributed by atoms with Gasteiger partial charge in [-0.15, -0.1) is 0 Å². The van der Waals surface area contributed by atoms with Gasteiger partial charge in [-0.1, -0.05) is 24.3 Å². The Bertz CT molecular complexity index is 928. The van der Waals surface area contributed by atoms with Crippen LogP contribution in [0.3, 0.4) is 0 Å². The molecule has 0 amide bonds. The molecular weight excluding hydrogens is 400 g/mol. The van der Waals surface area contributed by atoms with Gasteiger partial charge in [-0.25, -0.2) is 8.42 Å². The minimum Gasteiger partial charge on any atom is -0.491 e. The molecule has 0 saturated carbocycles. The van der Waals surface area contributed by atoms with Crippen molar-refractivity contribution in [2.75, 3.05) is 43.7 Å². The molecular formula is C23H32N2O4S. The third-order valence-corrected chi connectivity index (χ3v) is 7.19. The maximum Gasteiger partial charge on any atom is 0.151 e. The predicted molar refractivity (Wildman–Crippen MR) is 121 cm³/mol. The van der Waals surface area contributed by atoms with Gasteiger partial charge in [0, 0.05) is 38.9 Å². The zero-order valence-electron chi connectivity index (χ0n) is 18.0. The van der Waals surface area contributed by atoms with Crippen LogP contribution in [0.2, 0.25) is 0 Å². The van der Waals surface area contributed by atoms with Gasteiger partial charge < -0.3 is 14.7 Å². The Hall–Kier alpha value is -2.09. The number of hydrogen-bond donors (Lipinski definition) is 1. The summed E-state index contributed by atoms with van der Waals surface area (Å²) in [5, 5.41) is 10.6. The van der Waals surface area contributed by atoms with Crippen molar-refractivity contribution in [3.8, 4) is 5.75 Å². The van der Waals surface area contributed by atoms with Gasteiger partial charge in [0.15, 0.2) is 9.84 Å². The van der Waals surface area contributed by atoms with Crippen molar-refractivity contribution in [2.45, 2.75) is 32.0 Å². The molecule has 6 nitrogen and oxygen atoms in total. The number of aryl methyl sites for hydroxylation is 1. The van der Waals surface area contributed by atoms with E-state index in [1.165, 1.54) is 0 Å². The molecule has 0 radical (unpaired) electrons. The number of aliphatic hydroxyl groups is 1. The Balaban J connectivity index is 1.66. The number of hydrogen-bond acceptors (Lipinski definition) is 6. The van der Waals surface area contributed by atoms with E-state index in [2.05, 4.69) is 29.2 Å². The molecule has 1 aliphatic heterocycles. The summed E-state index contributed by atoms with van der Waals surface area (Å²) in [7, 11) is 0.983. The number of nitrogens with zero attached hydrogens (tertiary/aromatic N) is 2. The summed E-state index contributed by atoms with van der Waals surface area (Å²) >= 11 is 0. The van der Waals surface area contributed by atoms with Crippen molar-refractivity contribution >= 4 is 15.5 Å². The number of rotatable bonds is 9. The Kier molecular flexibility index (Phi) is 7.39. The first-order valence-electron chi connectivity index (χ1n) is 10.3. The SMILES string of the molecule is Cc1cccc(OCC(O)CN(Cc2ccc(N(C)C)cc2)C2CCS(=O)(=O)C2)c1. The van der Waals surface area contributed by atoms with Gasteiger partial charge in [-0.3, -0.25) is 4.90 Å². The number of anilines is 1.